The normalized spacial score (nSPS) is 10.2. The molecule has 0 heterocycles. The first-order valence-corrected chi connectivity index (χ1v) is 7.89. The van der Waals surface area contributed by atoms with E-state index >= 15 is 0 Å². The van der Waals surface area contributed by atoms with E-state index in [0.29, 0.717) is 44.0 Å². The van der Waals surface area contributed by atoms with Crippen molar-refractivity contribution in [2.75, 3.05) is 26.4 Å². The van der Waals surface area contributed by atoms with Crippen LogP contribution in [0.25, 0.3) is 0 Å². The minimum Gasteiger partial charge on any atom is -0.462 e. The van der Waals surface area contributed by atoms with Gasteiger partial charge in [-0.3, -0.25) is 0 Å². The second kappa shape index (κ2) is 9.73. The number of benzene rings is 1. The summed E-state index contributed by atoms with van der Waals surface area (Å²) in [6.07, 6.45) is 0.647. The third-order valence-corrected chi connectivity index (χ3v) is 3.14. The molecule has 116 valence electrons. The monoisotopic (exact) mass is 406 g/mol. The van der Waals surface area contributed by atoms with Gasteiger partial charge in [-0.15, -0.1) is 0 Å². The van der Waals surface area contributed by atoms with Crippen LogP contribution in [-0.4, -0.2) is 38.4 Å². The molecule has 0 bridgehead atoms. The highest BCUT2D eigenvalue weighted by Gasteiger charge is 2.14. The maximum Gasteiger partial charge on any atom is 0.338 e. The average Bonchev–Trinajstić information content (AvgIpc) is 2.46. The molecule has 0 atom stereocenters. The van der Waals surface area contributed by atoms with E-state index in [-0.39, 0.29) is 0 Å². The van der Waals surface area contributed by atoms with E-state index in [1.54, 1.807) is 19.1 Å². The lowest BCUT2D eigenvalue weighted by Gasteiger charge is -2.07. The van der Waals surface area contributed by atoms with Gasteiger partial charge in [-0.2, -0.15) is 0 Å². The van der Waals surface area contributed by atoms with Crippen LogP contribution < -0.4 is 0 Å². The fourth-order valence-electron chi connectivity index (χ4n) is 1.59. The van der Waals surface area contributed by atoms with Crippen LogP contribution in [0.5, 0.6) is 0 Å². The fraction of sp³-hybridized carbons (Fsp3) is 0.467. The highest BCUT2D eigenvalue weighted by atomic mass is 127. The number of hydrogen-bond acceptors (Lipinski definition) is 5. The summed E-state index contributed by atoms with van der Waals surface area (Å²) in [5, 5.41) is 0. The smallest absolute Gasteiger partial charge is 0.338 e. The summed E-state index contributed by atoms with van der Waals surface area (Å²) < 4.78 is 16.0. The Morgan fingerprint density at radius 2 is 1.57 bits per heavy atom. The topological polar surface area (TPSA) is 61.8 Å². The fourth-order valence-corrected chi connectivity index (χ4v) is 2.26. The summed E-state index contributed by atoms with van der Waals surface area (Å²) in [4.78, 5) is 23.7. The molecule has 0 aliphatic heterocycles. The Balaban J connectivity index is 2.65. The van der Waals surface area contributed by atoms with Crippen molar-refractivity contribution >= 4 is 34.5 Å². The first-order chi connectivity index (χ1) is 10.1. The standard InChI is InChI=1S/C15H19IO5/c1-3-19-6-5-7-21-15(18)12-8-11(9-13(16)10-12)14(17)20-4-2/h8-10H,3-7H2,1-2H3. The van der Waals surface area contributed by atoms with E-state index in [1.807, 2.05) is 29.5 Å². The first kappa shape index (κ1) is 17.9. The second-order valence-electron chi connectivity index (χ2n) is 4.14. The predicted octanol–water partition coefficient (Wildman–Crippen LogP) is 3.05. The molecule has 21 heavy (non-hydrogen) atoms. The maximum atomic E-state index is 11.9. The lowest BCUT2D eigenvalue weighted by atomic mass is 10.1. The summed E-state index contributed by atoms with van der Waals surface area (Å²) in [6, 6.07) is 4.84. The Hall–Kier alpha value is -1.15. The van der Waals surface area contributed by atoms with Gasteiger partial charge in [0.25, 0.3) is 0 Å². The van der Waals surface area contributed by atoms with Crippen LogP contribution in [0.4, 0.5) is 0 Å². The van der Waals surface area contributed by atoms with Crippen molar-refractivity contribution in [1.29, 1.82) is 0 Å². The highest BCUT2D eigenvalue weighted by molar-refractivity contribution is 14.1. The van der Waals surface area contributed by atoms with Gasteiger partial charge in [0, 0.05) is 23.2 Å². The average molecular weight is 406 g/mol. The van der Waals surface area contributed by atoms with Gasteiger partial charge in [0.1, 0.15) is 0 Å². The van der Waals surface area contributed by atoms with Crippen molar-refractivity contribution in [3.05, 3.63) is 32.9 Å². The molecule has 0 saturated carbocycles. The SMILES string of the molecule is CCOCCCOC(=O)c1cc(I)cc(C(=O)OCC)c1. The molecule has 1 aromatic carbocycles. The molecule has 0 unspecified atom stereocenters. The predicted molar refractivity (Wildman–Crippen MR) is 86.5 cm³/mol. The summed E-state index contributed by atoms with van der Waals surface area (Å²) in [5.74, 6) is -0.892. The molecule has 0 aliphatic rings. The lowest BCUT2D eigenvalue weighted by Crippen LogP contribution is -2.11. The molecule has 0 radical (unpaired) electrons. The zero-order valence-corrected chi connectivity index (χ0v) is 14.3. The van der Waals surface area contributed by atoms with E-state index in [4.69, 9.17) is 14.2 Å². The van der Waals surface area contributed by atoms with Crippen molar-refractivity contribution in [3.63, 3.8) is 0 Å². The van der Waals surface area contributed by atoms with Crippen molar-refractivity contribution in [2.24, 2.45) is 0 Å². The molecule has 0 saturated heterocycles. The first-order valence-electron chi connectivity index (χ1n) is 6.81. The van der Waals surface area contributed by atoms with Gasteiger partial charge >= 0.3 is 11.9 Å². The third-order valence-electron chi connectivity index (χ3n) is 2.51. The van der Waals surface area contributed by atoms with Crippen LogP contribution in [0.15, 0.2) is 18.2 Å². The molecule has 0 spiro atoms. The quantitative estimate of drug-likeness (QED) is 0.377. The van der Waals surface area contributed by atoms with Crippen molar-refractivity contribution in [1.82, 2.24) is 0 Å². The molecule has 1 rings (SSSR count). The Kier molecular flexibility index (Phi) is 8.29. The van der Waals surface area contributed by atoms with Gasteiger partial charge in [-0.05, 0) is 54.6 Å². The summed E-state index contributed by atoms with van der Waals surface area (Å²) in [6.45, 7) is 5.44. The number of carbonyl (C=O) groups is 2. The van der Waals surface area contributed by atoms with E-state index < -0.39 is 11.9 Å². The highest BCUT2D eigenvalue weighted by Crippen LogP contribution is 2.15. The Bertz CT molecular complexity index is 487. The molecular formula is C15H19IO5. The van der Waals surface area contributed by atoms with E-state index in [2.05, 4.69) is 0 Å². The van der Waals surface area contributed by atoms with Crippen LogP contribution in [0.1, 0.15) is 41.0 Å². The molecule has 0 amide bonds. The van der Waals surface area contributed by atoms with E-state index in [9.17, 15) is 9.59 Å². The molecule has 0 aromatic heterocycles. The Labute approximate surface area is 138 Å². The third kappa shape index (κ3) is 6.43. The van der Waals surface area contributed by atoms with Crippen LogP contribution in [0.3, 0.4) is 0 Å². The summed E-state index contributed by atoms with van der Waals surface area (Å²) in [5.41, 5.74) is 0.700. The van der Waals surface area contributed by atoms with Gasteiger partial charge in [0.15, 0.2) is 0 Å². The van der Waals surface area contributed by atoms with Gasteiger partial charge in [0.2, 0.25) is 0 Å². The molecule has 0 fully saturated rings. The Morgan fingerprint density at radius 1 is 0.952 bits per heavy atom. The van der Waals surface area contributed by atoms with Crippen molar-refractivity contribution in [2.45, 2.75) is 20.3 Å². The summed E-state index contributed by atoms with van der Waals surface area (Å²) >= 11 is 2.05. The van der Waals surface area contributed by atoms with Gasteiger partial charge < -0.3 is 14.2 Å². The zero-order chi connectivity index (χ0) is 15.7. The van der Waals surface area contributed by atoms with Crippen LogP contribution >= 0.6 is 22.6 Å². The molecule has 1 aromatic rings. The number of halogens is 1. The zero-order valence-electron chi connectivity index (χ0n) is 12.2. The van der Waals surface area contributed by atoms with Gasteiger partial charge in [-0.1, -0.05) is 0 Å². The molecule has 0 aliphatic carbocycles. The number of ether oxygens (including phenoxy) is 3. The molecule has 5 nitrogen and oxygen atoms in total. The van der Waals surface area contributed by atoms with E-state index in [1.165, 1.54) is 6.07 Å². The summed E-state index contributed by atoms with van der Waals surface area (Å²) in [7, 11) is 0. The second-order valence-corrected chi connectivity index (χ2v) is 5.38. The van der Waals surface area contributed by atoms with Crippen molar-refractivity contribution < 1.29 is 23.8 Å². The number of esters is 2. The van der Waals surface area contributed by atoms with Crippen LogP contribution in [0, 0.1) is 3.57 Å². The Morgan fingerprint density at radius 3 is 2.14 bits per heavy atom. The molecule has 0 N–H and O–H groups in total. The minimum absolute atomic E-state index is 0.291. The van der Waals surface area contributed by atoms with Crippen molar-refractivity contribution in [3.8, 4) is 0 Å². The van der Waals surface area contributed by atoms with E-state index in [0.717, 1.165) is 3.57 Å². The lowest BCUT2D eigenvalue weighted by molar-refractivity contribution is 0.0452. The molecule has 6 heteroatoms. The van der Waals surface area contributed by atoms with Crippen LogP contribution in [0.2, 0.25) is 0 Å². The minimum atomic E-state index is -0.449. The van der Waals surface area contributed by atoms with Gasteiger partial charge in [-0.25, -0.2) is 9.59 Å². The number of rotatable bonds is 8. The molecular weight excluding hydrogens is 387 g/mol. The number of carbonyl (C=O) groups excluding carboxylic acids is 2. The number of hydrogen-bond donors (Lipinski definition) is 0. The van der Waals surface area contributed by atoms with Crippen LogP contribution in [-0.2, 0) is 14.2 Å². The van der Waals surface area contributed by atoms with Gasteiger partial charge in [0.05, 0.1) is 24.3 Å². The maximum absolute atomic E-state index is 11.9. The largest absolute Gasteiger partial charge is 0.462 e.